The molecule has 1 aliphatic rings. The van der Waals surface area contributed by atoms with Crippen molar-refractivity contribution in [2.24, 2.45) is 7.05 Å². The van der Waals surface area contributed by atoms with Crippen LogP contribution in [0.25, 0.3) is 0 Å². The van der Waals surface area contributed by atoms with Gasteiger partial charge >= 0.3 is 0 Å². The SMILES string of the molecule is Cn1cc(C2Nc3cc(Br)c(F)cc3NC2=O)cn1. The number of anilines is 2. The number of carbonyl (C=O) groups excluding carboxylic acids is 1. The molecular weight excluding hydrogens is 315 g/mol. The van der Waals surface area contributed by atoms with Crippen LogP contribution in [0.1, 0.15) is 11.6 Å². The third kappa shape index (κ3) is 2.10. The second-order valence-electron chi connectivity index (χ2n) is 4.33. The fourth-order valence-corrected chi connectivity index (χ4v) is 2.36. The third-order valence-electron chi connectivity index (χ3n) is 2.94. The summed E-state index contributed by atoms with van der Waals surface area (Å²) in [7, 11) is 1.78. The number of carbonyl (C=O) groups is 1. The highest BCUT2D eigenvalue weighted by Gasteiger charge is 2.28. The van der Waals surface area contributed by atoms with E-state index < -0.39 is 11.9 Å². The predicted octanol–water partition coefficient (Wildman–Crippen LogP) is 2.43. The minimum absolute atomic E-state index is 0.234. The van der Waals surface area contributed by atoms with Crippen molar-refractivity contribution in [3.63, 3.8) is 0 Å². The first-order valence-electron chi connectivity index (χ1n) is 5.59. The number of rotatable bonds is 1. The van der Waals surface area contributed by atoms with Crippen molar-refractivity contribution < 1.29 is 9.18 Å². The van der Waals surface area contributed by atoms with E-state index in [1.165, 1.54) is 6.07 Å². The van der Waals surface area contributed by atoms with Crippen molar-refractivity contribution in [2.45, 2.75) is 6.04 Å². The Labute approximate surface area is 116 Å². The van der Waals surface area contributed by atoms with Gasteiger partial charge in [-0.1, -0.05) is 0 Å². The van der Waals surface area contributed by atoms with Crippen molar-refractivity contribution >= 4 is 33.2 Å². The number of halogens is 2. The molecule has 19 heavy (non-hydrogen) atoms. The Bertz CT molecular complexity index is 670. The number of hydrogen-bond donors (Lipinski definition) is 2. The Morgan fingerprint density at radius 1 is 1.42 bits per heavy atom. The van der Waals surface area contributed by atoms with Crippen LogP contribution in [0.15, 0.2) is 29.0 Å². The van der Waals surface area contributed by atoms with Crippen molar-refractivity contribution in [1.82, 2.24) is 9.78 Å². The normalized spacial score (nSPS) is 17.6. The number of amides is 1. The quantitative estimate of drug-likeness (QED) is 0.847. The summed E-state index contributed by atoms with van der Waals surface area (Å²) in [6.07, 6.45) is 3.39. The molecule has 1 aromatic carbocycles. The number of aromatic nitrogens is 2. The van der Waals surface area contributed by atoms with E-state index in [0.717, 1.165) is 5.56 Å². The summed E-state index contributed by atoms with van der Waals surface area (Å²) in [5.74, 6) is -0.650. The molecule has 2 heterocycles. The lowest BCUT2D eigenvalue weighted by Crippen LogP contribution is -2.31. The molecule has 0 saturated heterocycles. The Morgan fingerprint density at radius 2 is 2.21 bits per heavy atom. The molecule has 5 nitrogen and oxygen atoms in total. The molecule has 1 amide bonds. The maximum Gasteiger partial charge on any atom is 0.251 e. The minimum Gasteiger partial charge on any atom is -0.368 e. The maximum absolute atomic E-state index is 13.4. The van der Waals surface area contributed by atoms with Crippen LogP contribution in [-0.2, 0) is 11.8 Å². The molecule has 1 aliphatic heterocycles. The summed E-state index contributed by atoms with van der Waals surface area (Å²) in [5.41, 5.74) is 1.86. The largest absolute Gasteiger partial charge is 0.368 e. The average molecular weight is 325 g/mol. The summed E-state index contributed by atoms with van der Waals surface area (Å²) in [6.45, 7) is 0. The van der Waals surface area contributed by atoms with E-state index in [4.69, 9.17) is 0 Å². The van der Waals surface area contributed by atoms with Crippen LogP contribution < -0.4 is 10.6 Å². The van der Waals surface area contributed by atoms with Crippen molar-refractivity contribution in [3.8, 4) is 0 Å². The van der Waals surface area contributed by atoms with E-state index in [9.17, 15) is 9.18 Å². The number of nitrogens with one attached hydrogen (secondary N) is 2. The van der Waals surface area contributed by atoms with E-state index >= 15 is 0 Å². The van der Waals surface area contributed by atoms with Crippen LogP contribution in [0.5, 0.6) is 0 Å². The van der Waals surface area contributed by atoms with Gasteiger partial charge < -0.3 is 10.6 Å². The van der Waals surface area contributed by atoms with Gasteiger partial charge in [-0.15, -0.1) is 0 Å². The number of aryl methyl sites for hydroxylation is 1. The standard InChI is InChI=1S/C12H10BrFN4O/c1-18-5-6(4-15-18)11-12(19)17-10-3-8(14)7(13)2-9(10)16-11/h2-5,11,16H,1H3,(H,17,19). The van der Waals surface area contributed by atoms with Crippen molar-refractivity contribution in [3.05, 3.63) is 40.4 Å². The monoisotopic (exact) mass is 324 g/mol. The van der Waals surface area contributed by atoms with Crippen LogP contribution in [-0.4, -0.2) is 15.7 Å². The van der Waals surface area contributed by atoms with Gasteiger partial charge in [0.15, 0.2) is 0 Å². The molecule has 2 N–H and O–H groups in total. The molecule has 0 saturated carbocycles. The number of benzene rings is 1. The smallest absolute Gasteiger partial charge is 0.251 e. The molecule has 2 aromatic rings. The molecule has 1 atom stereocenters. The Hall–Kier alpha value is -1.89. The predicted molar refractivity (Wildman–Crippen MR) is 72.3 cm³/mol. The van der Waals surface area contributed by atoms with Crippen molar-refractivity contribution in [1.29, 1.82) is 0 Å². The second kappa shape index (κ2) is 4.34. The molecule has 0 aliphatic carbocycles. The summed E-state index contributed by atoms with van der Waals surface area (Å²) in [4.78, 5) is 12.0. The molecule has 3 rings (SSSR count). The molecule has 1 aromatic heterocycles. The van der Waals surface area contributed by atoms with Gasteiger partial charge in [0.2, 0.25) is 0 Å². The van der Waals surface area contributed by atoms with Gasteiger partial charge in [-0.25, -0.2) is 4.39 Å². The average Bonchev–Trinajstić information content (AvgIpc) is 2.77. The second-order valence-corrected chi connectivity index (χ2v) is 5.18. The third-order valence-corrected chi connectivity index (χ3v) is 3.55. The van der Waals surface area contributed by atoms with E-state index in [1.54, 1.807) is 30.2 Å². The zero-order valence-corrected chi connectivity index (χ0v) is 11.5. The molecule has 0 bridgehead atoms. The molecule has 1 unspecified atom stereocenters. The topological polar surface area (TPSA) is 59.0 Å². The zero-order valence-electron chi connectivity index (χ0n) is 9.95. The van der Waals surface area contributed by atoms with E-state index in [1.807, 2.05) is 0 Å². The van der Waals surface area contributed by atoms with E-state index in [-0.39, 0.29) is 5.91 Å². The summed E-state index contributed by atoms with van der Waals surface area (Å²) >= 11 is 3.13. The lowest BCUT2D eigenvalue weighted by Gasteiger charge is -2.26. The number of nitrogens with zero attached hydrogens (tertiary/aromatic N) is 2. The highest BCUT2D eigenvalue weighted by Crippen LogP contribution is 2.35. The molecule has 98 valence electrons. The highest BCUT2D eigenvalue weighted by molar-refractivity contribution is 9.10. The van der Waals surface area contributed by atoms with Crippen molar-refractivity contribution in [2.75, 3.05) is 10.6 Å². The van der Waals surface area contributed by atoms with Crippen LogP contribution in [0.3, 0.4) is 0 Å². The minimum atomic E-state index is -0.529. The van der Waals surface area contributed by atoms with Gasteiger partial charge in [0.25, 0.3) is 5.91 Å². The number of fused-ring (bicyclic) bond motifs is 1. The molecular formula is C12H10BrFN4O. The van der Waals surface area contributed by atoms with Gasteiger partial charge in [-0.3, -0.25) is 9.48 Å². The first-order valence-corrected chi connectivity index (χ1v) is 6.39. The molecule has 0 fully saturated rings. The molecule has 0 radical (unpaired) electrons. The Kier molecular flexibility index (Phi) is 2.78. The molecule has 0 spiro atoms. The fraction of sp³-hybridized carbons (Fsp3) is 0.167. The van der Waals surface area contributed by atoms with Gasteiger partial charge in [0.05, 0.1) is 22.0 Å². The van der Waals surface area contributed by atoms with Gasteiger partial charge in [0, 0.05) is 24.9 Å². The summed E-state index contributed by atoms with van der Waals surface area (Å²) in [6, 6.07) is 2.36. The Morgan fingerprint density at radius 3 is 2.89 bits per heavy atom. The van der Waals surface area contributed by atoms with E-state index in [0.29, 0.717) is 15.8 Å². The van der Waals surface area contributed by atoms with Crippen LogP contribution in [0.2, 0.25) is 0 Å². The first kappa shape index (κ1) is 12.2. The van der Waals surface area contributed by atoms with Gasteiger partial charge in [-0.05, 0) is 22.0 Å². The van der Waals surface area contributed by atoms with E-state index in [2.05, 4.69) is 31.7 Å². The lowest BCUT2D eigenvalue weighted by atomic mass is 10.1. The van der Waals surface area contributed by atoms with Crippen LogP contribution in [0.4, 0.5) is 15.8 Å². The lowest BCUT2D eigenvalue weighted by molar-refractivity contribution is -0.117. The summed E-state index contributed by atoms with van der Waals surface area (Å²) in [5, 5.41) is 9.81. The highest BCUT2D eigenvalue weighted by atomic mass is 79.9. The van der Waals surface area contributed by atoms with Gasteiger partial charge in [0.1, 0.15) is 11.9 Å². The maximum atomic E-state index is 13.4. The zero-order chi connectivity index (χ0) is 13.6. The fourth-order valence-electron chi connectivity index (χ4n) is 2.02. The van der Waals surface area contributed by atoms with Crippen LogP contribution >= 0.6 is 15.9 Å². The van der Waals surface area contributed by atoms with Gasteiger partial charge in [-0.2, -0.15) is 5.10 Å². The summed E-state index contributed by atoms with van der Waals surface area (Å²) < 4.78 is 15.4. The first-order chi connectivity index (χ1) is 9.04. The van der Waals surface area contributed by atoms with Crippen LogP contribution in [0, 0.1) is 5.82 Å². The molecule has 7 heteroatoms. The Balaban J connectivity index is 1.99. The number of hydrogen-bond acceptors (Lipinski definition) is 3.